The van der Waals surface area contributed by atoms with Crippen molar-refractivity contribution in [1.29, 1.82) is 0 Å². The molecular weight excluding hydrogens is 250 g/mol. The third-order valence-electron chi connectivity index (χ3n) is 3.48. The van der Waals surface area contributed by atoms with Gasteiger partial charge in [-0.2, -0.15) is 0 Å². The number of benzene rings is 1. The molecule has 20 heavy (non-hydrogen) atoms. The molecule has 0 fully saturated rings. The highest BCUT2D eigenvalue weighted by atomic mass is 16.4. The van der Waals surface area contributed by atoms with Crippen LogP contribution in [0.5, 0.6) is 0 Å². The molecule has 0 heterocycles. The van der Waals surface area contributed by atoms with Gasteiger partial charge >= 0.3 is 5.97 Å². The number of hydrogen-bond donors (Lipinski definition) is 2. The number of aliphatic carboxylic acids is 1. The molecule has 0 amide bonds. The van der Waals surface area contributed by atoms with Crippen molar-refractivity contribution in [1.82, 2.24) is 0 Å². The summed E-state index contributed by atoms with van der Waals surface area (Å²) in [6.07, 6.45) is 1.46. The average molecular weight is 277 g/mol. The van der Waals surface area contributed by atoms with E-state index in [1.165, 1.54) is 5.56 Å². The molecule has 112 valence electrons. The monoisotopic (exact) mass is 277 g/mol. The fourth-order valence-corrected chi connectivity index (χ4v) is 2.86. The van der Waals surface area contributed by atoms with Crippen LogP contribution in [0.3, 0.4) is 0 Å². The minimum atomic E-state index is -0.956. The second kappa shape index (κ2) is 5.96. The zero-order valence-electron chi connectivity index (χ0n) is 13.2. The van der Waals surface area contributed by atoms with Crippen LogP contribution in [0.4, 0.5) is 0 Å². The lowest BCUT2D eigenvalue weighted by Crippen LogP contribution is -2.32. The van der Waals surface area contributed by atoms with E-state index in [4.69, 9.17) is 10.8 Å². The van der Waals surface area contributed by atoms with Gasteiger partial charge in [0.25, 0.3) is 0 Å². The number of nitrogens with two attached hydrogens (primary N) is 1. The van der Waals surface area contributed by atoms with Crippen LogP contribution in [0, 0.1) is 5.41 Å². The first kappa shape index (κ1) is 16.7. The molecule has 3 nitrogen and oxygen atoms in total. The van der Waals surface area contributed by atoms with Crippen LogP contribution in [0.2, 0.25) is 0 Å². The quantitative estimate of drug-likeness (QED) is 0.867. The van der Waals surface area contributed by atoms with Gasteiger partial charge in [0.2, 0.25) is 0 Å². The Labute approximate surface area is 122 Å². The predicted octanol–water partition coefficient (Wildman–Crippen LogP) is 3.35. The Hall–Kier alpha value is -1.35. The predicted molar refractivity (Wildman–Crippen MR) is 82.9 cm³/mol. The molecule has 1 rings (SSSR count). The van der Waals surface area contributed by atoms with Crippen LogP contribution >= 0.6 is 0 Å². The van der Waals surface area contributed by atoms with E-state index in [0.29, 0.717) is 6.42 Å². The Bertz CT molecular complexity index is 455. The van der Waals surface area contributed by atoms with E-state index in [2.05, 4.69) is 46.8 Å². The van der Waals surface area contributed by atoms with Gasteiger partial charge in [-0.25, -0.2) is 0 Å². The molecule has 0 aliphatic rings. The van der Waals surface area contributed by atoms with Gasteiger partial charge in [0.1, 0.15) is 6.04 Å². The third-order valence-corrected chi connectivity index (χ3v) is 3.48. The fourth-order valence-electron chi connectivity index (χ4n) is 2.86. The van der Waals surface area contributed by atoms with Crippen LogP contribution in [0.15, 0.2) is 24.3 Å². The van der Waals surface area contributed by atoms with Crippen LogP contribution in [-0.2, 0) is 16.6 Å². The Kier molecular flexibility index (Phi) is 4.98. The van der Waals surface area contributed by atoms with Crippen LogP contribution in [0.1, 0.15) is 52.2 Å². The van der Waals surface area contributed by atoms with Gasteiger partial charge in [0, 0.05) is 0 Å². The number of hydrogen-bond acceptors (Lipinski definition) is 2. The first-order valence-corrected chi connectivity index (χ1v) is 7.09. The zero-order valence-corrected chi connectivity index (χ0v) is 13.2. The first-order valence-electron chi connectivity index (χ1n) is 7.09. The molecule has 1 atom stereocenters. The van der Waals surface area contributed by atoms with Gasteiger partial charge in [0.05, 0.1) is 0 Å². The van der Waals surface area contributed by atoms with E-state index in [1.807, 2.05) is 12.1 Å². The highest BCUT2D eigenvalue weighted by molar-refractivity contribution is 5.73. The Morgan fingerprint density at radius 3 is 2.05 bits per heavy atom. The zero-order chi connectivity index (χ0) is 15.6. The van der Waals surface area contributed by atoms with Crippen LogP contribution < -0.4 is 5.73 Å². The summed E-state index contributed by atoms with van der Waals surface area (Å²) in [5.41, 5.74) is 8.18. The molecule has 3 N–H and O–H groups in total. The molecule has 1 aromatic rings. The molecule has 0 aliphatic heterocycles. The summed E-state index contributed by atoms with van der Waals surface area (Å²) in [5.74, 6) is -0.956. The van der Waals surface area contributed by atoms with E-state index in [-0.39, 0.29) is 10.8 Å². The van der Waals surface area contributed by atoms with Gasteiger partial charge < -0.3 is 10.8 Å². The van der Waals surface area contributed by atoms with Crippen molar-refractivity contribution in [2.45, 2.75) is 58.9 Å². The number of carbonyl (C=O) groups is 1. The van der Waals surface area contributed by atoms with Crippen molar-refractivity contribution >= 4 is 5.97 Å². The first-order chi connectivity index (χ1) is 9.01. The van der Waals surface area contributed by atoms with Gasteiger partial charge in [-0.05, 0) is 34.8 Å². The van der Waals surface area contributed by atoms with Gasteiger partial charge in [-0.1, -0.05) is 58.9 Å². The average Bonchev–Trinajstić information content (AvgIpc) is 2.26. The van der Waals surface area contributed by atoms with Crippen molar-refractivity contribution in [3.8, 4) is 0 Å². The lowest BCUT2D eigenvalue weighted by atomic mass is 9.72. The maximum absolute atomic E-state index is 10.8. The molecule has 1 aromatic carbocycles. The lowest BCUT2D eigenvalue weighted by Gasteiger charge is -2.33. The van der Waals surface area contributed by atoms with Crippen molar-refractivity contribution in [2.75, 3.05) is 0 Å². The van der Waals surface area contributed by atoms with Crippen LogP contribution in [-0.4, -0.2) is 17.1 Å². The molecule has 0 radical (unpaired) electrons. The number of carboxylic acids is 1. The molecule has 0 aliphatic carbocycles. The summed E-state index contributed by atoms with van der Waals surface area (Å²) in [7, 11) is 0. The summed E-state index contributed by atoms with van der Waals surface area (Å²) in [6, 6.07) is 7.33. The summed E-state index contributed by atoms with van der Waals surface area (Å²) < 4.78 is 0. The van der Waals surface area contributed by atoms with E-state index < -0.39 is 12.0 Å². The standard InChI is InChI=1S/C17H27NO2/c1-16(2,3)11-17(4,5)13-8-6-12(7-9-13)10-14(18)15(19)20/h6-9,14H,10-11,18H2,1-5H3,(H,19,20)/t14-/m0/s1. The van der Waals surface area contributed by atoms with Gasteiger partial charge in [-0.3, -0.25) is 4.79 Å². The normalized spacial score (nSPS) is 14.1. The van der Waals surface area contributed by atoms with E-state index >= 15 is 0 Å². The molecule has 3 heteroatoms. The van der Waals surface area contributed by atoms with E-state index in [0.717, 1.165) is 12.0 Å². The Morgan fingerprint density at radius 1 is 1.15 bits per heavy atom. The highest BCUT2D eigenvalue weighted by Crippen LogP contribution is 2.36. The van der Waals surface area contributed by atoms with Gasteiger partial charge in [-0.15, -0.1) is 0 Å². The van der Waals surface area contributed by atoms with Crippen LogP contribution in [0.25, 0.3) is 0 Å². The molecule has 0 unspecified atom stereocenters. The van der Waals surface area contributed by atoms with E-state index in [9.17, 15) is 4.79 Å². The fraction of sp³-hybridized carbons (Fsp3) is 0.588. The highest BCUT2D eigenvalue weighted by Gasteiger charge is 2.27. The molecule has 0 aromatic heterocycles. The largest absolute Gasteiger partial charge is 0.480 e. The Morgan fingerprint density at radius 2 is 1.65 bits per heavy atom. The third kappa shape index (κ3) is 4.97. The van der Waals surface area contributed by atoms with Crippen molar-refractivity contribution < 1.29 is 9.90 Å². The lowest BCUT2D eigenvalue weighted by molar-refractivity contribution is -0.138. The van der Waals surface area contributed by atoms with Crippen molar-refractivity contribution in [3.05, 3.63) is 35.4 Å². The smallest absolute Gasteiger partial charge is 0.320 e. The molecular formula is C17H27NO2. The number of carboxylic acid groups (broad SMARTS) is 1. The van der Waals surface area contributed by atoms with E-state index in [1.54, 1.807) is 0 Å². The molecule has 0 saturated carbocycles. The molecule has 0 saturated heterocycles. The molecule has 0 spiro atoms. The summed E-state index contributed by atoms with van der Waals surface area (Å²) in [4.78, 5) is 10.8. The summed E-state index contributed by atoms with van der Waals surface area (Å²) in [6.45, 7) is 11.2. The van der Waals surface area contributed by atoms with Gasteiger partial charge in [0.15, 0.2) is 0 Å². The Balaban J connectivity index is 2.83. The second-order valence-electron chi connectivity index (χ2n) is 7.47. The maximum atomic E-state index is 10.8. The summed E-state index contributed by atoms with van der Waals surface area (Å²) >= 11 is 0. The minimum Gasteiger partial charge on any atom is -0.480 e. The SMILES string of the molecule is CC(C)(C)CC(C)(C)c1ccc(C[C@H](N)C(=O)O)cc1. The van der Waals surface area contributed by atoms with Crippen molar-refractivity contribution in [2.24, 2.45) is 11.1 Å². The maximum Gasteiger partial charge on any atom is 0.320 e. The topological polar surface area (TPSA) is 63.3 Å². The second-order valence-corrected chi connectivity index (χ2v) is 7.47. The molecule has 0 bridgehead atoms. The minimum absolute atomic E-state index is 0.103. The van der Waals surface area contributed by atoms with Crippen molar-refractivity contribution in [3.63, 3.8) is 0 Å². The summed E-state index contributed by atoms with van der Waals surface area (Å²) in [5, 5.41) is 8.83. The number of rotatable bonds is 5.